The molecule has 0 saturated carbocycles. The molecule has 2 heterocycles. The van der Waals surface area contributed by atoms with Gasteiger partial charge in [0, 0.05) is 18.6 Å². The van der Waals surface area contributed by atoms with Crippen molar-refractivity contribution >= 4 is 28.8 Å². The molecule has 0 saturated heterocycles. The van der Waals surface area contributed by atoms with Crippen LogP contribution in [0.3, 0.4) is 0 Å². The fraction of sp³-hybridized carbons (Fsp3) is 0.222. The van der Waals surface area contributed by atoms with Crippen LogP contribution in [0.4, 0.5) is 11.4 Å². The van der Waals surface area contributed by atoms with Gasteiger partial charge in [0.25, 0.3) is 0 Å². The van der Waals surface area contributed by atoms with E-state index in [0.29, 0.717) is 0 Å². The second kappa shape index (κ2) is 7.32. The predicted octanol–water partition coefficient (Wildman–Crippen LogP) is 3.09. The number of aromatic amines is 1. The lowest BCUT2D eigenvalue weighted by molar-refractivity contribution is -0.107. The van der Waals surface area contributed by atoms with E-state index in [4.69, 9.17) is 6.42 Å². The van der Waals surface area contributed by atoms with Crippen molar-refractivity contribution in [2.75, 3.05) is 17.3 Å². The summed E-state index contributed by atoms with van der Waals surface area (Å²) in [6.45, 7) is 3.88. The SMILES string of the molecule is C#C/C=C\C(=C/C)C(C)N(C=O)c1c(NC)cnc2[nH]ccc12. The van der Waals surface area contributed by atoms with Crippen LogP contribution in [0.25, 0.3) is 11.0 Å². The fourth-order valence-corrected chi connectivity index (χ4v) is 2.57. The van der Waals surface area contributed by atoms with Gasteiger partial charge >= 0.3 is 0 Å². The highest BCUT2D eigenvalue weighted by Gasteiger charge is 2.22. The van der Waals surface area contributed by atoms with Crippen molar-refractivity contribution in [3.63, 3.8) is 0 Å². The first-order valence-corrected chi connectivity index (χ1v) is 7.34. The Kier molecular flexibility index (Phi) is 5.21. The number of allylic oxidation sites excluding steroid dienone is 2. The van der Waals surface area contributed by atoms with E-state index in [1.807, 2.05) is 45.3 Å². The van der Waals surface area contributed by atoms with Gasteiger partial charge in [0.1, 0.15) is 5.65 Å². The van der Waals surface area contributed by atoms with E-state index in [2.05, 4.69) is 21.2 Å². The molecule has 0 spiro atoms. The third-order valence-corrected chi connectivity index (χ3v) is 3.80. The van der Waals surface area contributed by atoms with Crippen LogP contribution >= 0.6 is 0 Å². The van der Waals surface area contributed by atoms with E-state index in [9.17, 15) is 4.79 Å². The molecule has 2 aromatic rings. The van der Waals surface area contributed by atoms with E-state index in [0.717, 1.165) is 34.4 Å². The molecule has 0 aliphatic carbocycles. The van der Waals surface area contributed by atoms with Crippen LogP contribution in [0, 0.1) is 12.3 Å². The van der Waals surface area contributed by atoms with Gasteiger partial charge in [0.2, 0.25) is 6.41 Å². The van der Waals surface area contributed by atoms with Gasteiger partial charge in [-0.1, -0.05) is 12.0 Å². The zero-order valence-electron chi connectivity index (χ0n) is 13.5. The molecule has 1 atom stereocenters. The Bertz CT molecular complexity index is 795. The minimum atomic E-state index is -0.172. The van der Waals surface area contributed by atoms with Gasteiger partial charge in [-0.3, -0.25) is 4.79 Å². The van der Waals surface area contributed by atoms with Gasteiger partial charge in [0.15, 0.2) is 0 Å². The summed E-state index contributed by atoms with van der Waals surface area (Å²) in [7, 11) is 1.81. The van der Waals surface area contributed by atoms with Crippen LogP contribution in [0.1, 0.15) is 13.8 Å². The van der Waals surface area contributed by atoms with Crippen molar-refractivity contribution in [3.8, 4) is 12.3 Å². The number of aromatic nitrogens is 2. The smallest absolute Gasteiger partial charge is 0.214 e. The highest BCUT2D eigenvalue weighted by atomic mass is 16.1. The Morgan fingerprint density at radius 3 is 2.96 bits per heavy atom. The lowest BCUT2D eigenvalue weighted by Gasteiger charge is -2.28. The molecule has 0 radical (unpaired) electrons. The molecular weight excluding hydrogens is 288 g/mol. The summed E-state index contributed by atoms with van der Waals surface area (Å²) in [5.41, 5.74) is 3.26. The molecule has 5 nitrogen and oxygen atoms in total. The van der Waals surface area contributed by atoms with E-state index in [1.54, 1.807) is 17.2 Å². The third-order valence-electron chi connectivity index (χ3n) is 3.80. The summed E-state index contributed by atoms with van der Waals surface area (Å²) in [4.78, 5) is 20.9. The van der Waals surface area contributed by atoms with Crippen molar-refractivity contribution in [3.05, 3.63) is 42.3 Å². The number of nitrogens with zero attached hydrogens (tertiary/aromatic N) is 2. The van der Waals surface area contributed by atoms with Crippen LogP contribution in [-0.2, 0) is 4.79 Å². The minimum absolute atomic E-state index is 0.172. The fourth-order valence-electron chi connectivity index (χ4n) is 2.57. The van der Waals surface area contributed by atoms with E-state index < -0.39 is 0 Å². The molecule has 1 amide bonds. The van der Waals surface area contributed by atoms with Crippen molar-refractivity contribution < 1.29 is 4.79 Å². The highest BCUT2D eigenvalue weighted by molar-refractivity contribution is 6.02. The summed E-state index contributed by atoms with van der Waals surface area (Å²) < 4.78 is 0. The zero-order chi connectivity index (χ0) is 16.8. The van der Waals surface area contributed by atoms with Crippen LogP contribution in [0.5, 0.6) is 0 Å². The zero-order valence-corrected chi connectivity index (χ0v) is 13.5. The standard InChI is InChI=1S/C18H20N4O/c1-5-7-8-14(6-2)13(3)22(12-23)17-15-9-10-20-18(15)21-11-16(17)19-4/h1,6-13,19H,2-4H3,(H,20,21)/b8-7-,14-6+. The average Bonchev–Trinajstić information content (AvgIpc) is 3.05. The Balaban J connectivity index is 2.57. The summed E-state index contributed by atoms with van der Waals surface area (Å²) in [5.74, 6) is 2.48. The van der Waals surface area contributed by atoms with E-state index >= 15 is 0 Å². The monoisotopic (exact) mass is 308 g/mol. The van der Waals surface area contributed by atoms with Gasteiger partial charge in [0.05, 0.1) is 23.6 Å². The number of amides is 1. The van der Waals surface area contributed by atoms with E-state index in [-0.39, 0.29) is 6.04 Å². The number of hydrogen-bond acceptors (Lipinski definition) is 3. The number of terminal acetylenes is 1. The van der Waals surface area contributed by atoms with Gasteiger partial charge < -0.3 is 15.2 Å². The van der Waals surface area contributed by atoms with Crippen LogP contribution in [0.15, 0.2) is 42.3 Å². The quantitative estimate of drug-likeness (QED) is 0.490. The van der Waals surface area contributed by atoms with Crippen molar-refractivity contribution in [2.45, 2.75) is 19.9 Å². The normalized spacial score (nSPS) is 13.0. The molecule has 0 fully saturated rings. The van der Waals surface area contributed by atoms with Crippen molar-refractivity contribution in [1.82, 2.24) is 9.97 Å². The first kappa shape index (κ1) is 16.4. The van der Waals surface area contributed by atoms with Crippen molar-refractivity contribution in [1.29, 1.82) is 0 Å². The summed E-state index contributed by atoms with van der Waals surface area (Å²) in [6, 6.07) is 1.74. The Morgan fingerprint density at radius 1 is 1.57 bits per heavy atom. The molecular formula is C18H20N4O. The number of fused-ring (bicyclic) bond motifs is 1. The molecule has 2 rings (SSSR count). The number of anilines is 2. The number of rotatable bonds is 6. The molecule has 23 heavy (non-hydrogen) atoms. The number of carbonyl (C=O) groups is 1. The summed E-state index contributed by atoms with van der Waals surface area (Å²) >= 11 is 0. The lowest BCUT2D eigenvalue weighted by Crippen LogP contribution is -2.33. The Hall–Kier alpha value is -3.00. The predicted molar refractivity (Wildman–Crippen MR) is 95.4 cm³/mol. The lowest BCUT2D eigenvalue weighted by atomic mass is 10.1. The molecule has 0 aliphatic heterocycles. The maximum absolute atomic E-state index is 11.9. The topological polar surface area (TPSA) is 61.0 Å². The maximum atomic E-state index is 11.9. The highest BCUT2D eigenvalue weighted by Crippen LogP contribution is 2.34. The van der Waals surface area contributed by atoms with E-state index in [1.165, 1.54) is 0 Å². The second-order valence-corrected chi connectivity index (χ2v) is 4.99. The van der Waals surface area contributed by atoms with Gasteiger partial charge in [-0.05, 0) is 37.6 Å². The Morgan fingerprint density at radius 2 is 2.35 bits per heavy atom. The number of pyridine rings is 1. The number of nitrogens with one attached hydrogen (secondary N) is 2. The first-order chi connectivity index (χ1) is 11.2. The number of hydrogen-bond donors (Lipinski definition) is 2. The molecule has 2 aromatic heterocycles. The Labute approximate surface area is 136 Å². The van der Waals surface area contributed by atoms with Crippen LogP contribution < -0.4 is 10.2 Å². The van der Waals surface area contributed by atoms with Crippen LogP contribution in [-0.4, -0.2) is 29.5 Å². The maximum Gasteiger partial charge on any atom is 0.214 e. The molecule has 118 valence electrons. The number of H-pyrrole nitrogens is 1. The third kappa shape index (κ3) is 3.11. The van der Waals surface area contributed by atoms with Gasteiger partial charge in [-0.25, -0.2) is 4.98 Å². The second-order valence-electron chi connectivity index (χ2n) is 4.99. The molecule has 0 aliphatic rings. The first-order valence-electron chi connectivity index (χ1n) is 7.34. The van der Waals surface area contributed by atoms with Crippen molar-refractivity contribution in [2.24, 2.45) is 0 Å². The molecule has 2 N–H and O–H groups in total. The average molecular weight is 308 g/mol. The largest absolute Gasteiger partial charge is 0.385 e. The molecule has 0 bridgehead atoms. The molecule has 1 unspecified atom stereocenters. The molecule has 0 aromatic carbocycles. The van der Waals surface area contributed by atoms with Gasteiger partial charge in [-0.15, -0.1) is 6.42 Å². The van der Waals surface area contributed by atoms with Crippen LogP contribution in [0.2, 0.25) is 0 Å². The minimum Gasteiger partial charge on any atom is -0.385 e. The molecule has 5 heteroatoms. The summed E-state index contributed by atoms with van der Waals surface area (Å²) in [5, 5.41) is 3.98. The number of carbonyl (C=O) groups excluding carboxylic acids is 1. The summed E-state index contributed by atoms with van der Waals surface area (Å²) in [6.07, 6.45) is 15.1. The van der Waals surface area contributed by atoms with Gasteiger partial charge in [-0.2, -0.15) is 0 Å².